The number of benzene rings is 2. The van der Waals surface area contributed by atoms with Crippen molar-refractivity contribution in [3.63, 3.8) is 0 Å². The van der Waals surface area contributed by atoms with E-state index in [0.29, 0.717) is 11.6 Å². The van der Waals surface area contributed by atoms with E-state index in [4.69, 9.17) is 11.6 Å². The highest BCUT2D eigenvalue weighted by Crippen LogP contribution is 2.18. The van der Waals surface area contributed by atoms with Crippen LogP contribution in [0.25, 0.3) is 0 Å². The molecule has 150 valence electrons. The van der Waals surface area contributed by atoms with Crippen LogP contribution in [-0.2, 0) is 22.6 Å². The van der Waals surface area contributed by atoms with Crippen molar-refractivity contribution in [1.82, 2.24) is 10.2 Å². The van der Waals surface area contributed by atoms with Crippen molar-refractivity contribution in [3.8, 4) is 0 Å². The molecule has 0 aromatic heterocycles. The summed E-state index contributed by atoms with van der Waals surface area (Å²) in [6.45, 7) is 8.14. The predicted octanol–water partition coefficient (Wildman–Crippen LogP) is 4.52. The maximum atomic E-state index is 13.1. The number of carbonyl (C=O) groups is 2. The van der Waals surface area contributed by atoms with Gasteiger partial charge in [-0.15, -0.1) is 0 Å². The van der Waals surface area contributed by atoms with Gasteiger partial charge in [-0.1, -0.05) is 66.6 Å². The Labute approximate surface area is 172 Å². The molecule has 0 saturated heterocycles. The minimum atomic E-state index is -0.578. The fourth-order valence-corrected chi connectivity index (χ4v) is 3.05. The van der Waals surface area contributed by atoms with Crippen LogP contribution in [-0.4, -0.2) is 28.8 Å². The summed E-state index contributed by atoms with van der Waals surface area (Å²) in [6.07, 6.45) is 0.997. The molecular formula is C23H29ClN2O2. The minimum Gasteiger partial charge on any atom is -0.352 e. The third kappa shape index (κ3) is 6.10. The van der Waals surface area contributed by atoms with E-state index in [-0.39, 0.29) is 24.3 Å². The summed E-state index contributed by atoms with van der Waals surface area (Å²) in [4.78, 5) is 27.4. The van der Waals surface area contributed by atoms with Gasteiger partial charge in [0.05, 0.1) is 6.42 Å². The van der Waals surface area contributed by atoms with Gasteiger partial charge in [-0.05, 0) is 44.4 Å². The van der Waals surface area contributed by atoms with Crippen LogP contribution in [0.3, 0.4) is 0 Å². The monoisotopic (exact) mass is 400 g/mol. The van der Waals surface area contributed by atoms with Crippen molar-refractivity contribution in [2.45, 2.75) is 59.2 Å². The van der Waals surface area contributed by atoms with Crippen molar-refractivity contribution in [2.24, 2.45) is 0 Å². The lowest BCUT2D eigenvalue weighted by Crippen LogP contribution is -2.49. The first-order valence-corrected chi connectivity index (χ1v) is 10.1. The molecule has 0 aliphatic carbocycles. The van der Waals surface area contributed by atoms with E-state index < -0.39 is 6.04 Å². The molecule has 5 heteroatoms. The maximum absolute atomic E-state index is 13.1. The average molecular weight is 401 g/mol. The number of nitrogens with one attached hydrogen (secondary N) is 1. The van der Waals surface area contributed by atoms with Crippen LogP contribution in [0.15, 0.2) is 48.5 Å². The van der Waals surface area contributed by atoms with E-state index in [1.54, 1.807) is 17.9 Å². The van der Waals surface area contributed by atoms with Gasteiger partial charge in [0.1, 0.15) is 6.04 Å². The fourth-order valence-electron chi connectivity index (χ4n) is 2.84. The van der Waals surface area contributed by atoms with Crippen molar-refractivity contribution >= 4 is 23.4 Å². The molecule has 0 spiro atoms. The molecule has 2 amide bonds. The van der Waals surface area contributed by atoms with E-state index in [2.05, 4.69) is 5.32 Å². The summed E-state index contributed by atoms with van der Waals surface area (Å²) in [5.41, 5.74) is 2.90. The second-order valence-electron chi connectivity index (χ2n) is 7.27. The number of carbonyl (C=O) groups excluding carboxylic acids is 2. The summed E-state index contributed by atoms with van der Waals surface area (Å²) in [5, 5.41) is 3.53. The maximum Gasteiger partial charge on any atom is 0.242 e. The second-order valence-corrected chi connectivity index (χ2v) is 7.68. The molecule has 1 N–H and O–H groups in total. The van der Waals surface area contributed by atoms with Crippen LogP contribution in [0.2, 0.25) is 5.02 Å². The van der Waals surface area contributed by atoms with Gasteiger partial charge >= 0.3 is 0 Å². The lowest BCUT2D eigenvalue weighted by molar-refractivity contribution is -0.140. The Morgan fingerprint density at radius 1 is 1.07 bits per heavy atom. The van der Waals surface area contributed by atoms with E-state index in [9.17, 15) is 9.59 Å². The molecule has 4 nitrogen and oxygen atoms in total. The number of nitrogens with zero attached hydrogens (tertiary/aromatic N) is 1. The molecule has 0 radical (unpaired) electrons. The molecule has 2 aromatic rings. The SMILES string of the molecule is CC[C@H](C)NC(=O)[C@@H](C)N(Cc1ccc(C)cc1)C(=O)Cc1ccccc1Cl. The summed E-state index contributed by atoms with van der Waals surface area (Å²) in [5.74, 6) is -0.269. The van der Waals surface area contributed by atoms with Crippen LogP contribution in [0, 0.1) is 6.92 Å². The highest BCUT2D eigenvalue weighted by Gasteiger charge is 2.27. The molecule has 0 heterocycles. The lowest BCUT2D eigenvalue weighted by atomic mass is 10.1. The van der Waals surface area contributed by atoms with Gasteiger partial charge in [0.25, 0.3) is 0 Å². The molecule has 0 aliphatic rings. The average Bonchev–Trinajstić information content (AvgIpc) is 2.68. The summed E-state index contributed by atoms with van der Waals surface area (Å²) in [6, 6.07) is 14.8. The van der Waals surface area contributed by atoms with Crippen LogP contribution >= 0.6 is 11.6 Å². The standard InChI is InChI=1S/C23H29ClN2O2/c1-5-17(3)25-23(28)18(4)26(15-19-12-10-16(2)11-13-19)22(27)14-20-8-6-7-9-21(20)24/h6-13,17-18H,5,14-15H2,1-4H3,(H,25,28)/t17-,18+/m0/s1. The Morgan fingerprint density at radius 3 is 2.32 bits per heavy atom. The summed E-state index contributed by atoms with van der Waals surface area (Å²) in [7, 11) is 0. The third-order valence-electron chi connectivity index (χ3n) is 4.94. The minimum absolute atomic E-state index is 0.0647. The van der Waals surface area contributed by atoms with Crippen molar-refractivity contribution < 1.29 is 9.59 Å². The molecule has 28 heavy (non-hydrogen) atoms. The quantitative estimate of drug-likeness (QED) is 0.708. The first kappa shape index (κ1) is 22.0. The zero-order valence-electron chi connectivity index (χ0n) is 17.0. The topological polar surface area (TPSA) is 49.4 Å². The Hall–Kier alpha value is -2.33. The van der Waals surface area contributed by atoms with Crippen molar-refractivity contribution in [1.29, 1.82) is 0 Å². The van der Waals surface area contributed by atoms with Gasteiger partial charge < -0.3 is 10.2 Å². The highest BCUT2D eigenvalue weighted by molar-refractivity contribution is 6.31. The van der Waals surface area contributed by atoms with E-state index in [1.807, 2.05) is 63.2 Å². The number of halogens is 1. The van der Waals surface area contributed by atoms with Crippen LogP contribution in [0.4, 0.5) is 0 Å². The largest absolute Gasteiger partial charge is 0.352 e. The first-order chi connectivity index (χ1) is 13.3. The molecule has 2 rings (SSSR count). The van der Waals surface area contributed by atoms with Gasteiger partial charge in [-0.25, -0.2) is 0 Å². The van der Waals surface area contributed by atoms with E-state index in [1.165, 1.54) is 0 Å². The molecule has 0 aliphatic heterocycles. The van der Waals surface area contributed by atoms with Crippen LogP contribution < -0.4 is 5.32 Å². The molecule has 0 bridgehead atoms. The Morgan fingerprint density at radius 2 is 1.71 bits per heavy atom. The fraction of sp³-hybridized carbons (Fsp3) is 0.391. The zero-order valence-corrected chi connectivity index (χ0v) is 17.8. The predicted molar refractivity (Wildman–Crippen MR) is 114 cm³/mol. The Bertz CT molecular complexity index is 805. The van der Waals surface area contributed by atoms with Crippen LogP contribution in [0.1, 0.15) is 43.9 Å². The molecular weight excluding hydrogens is 372 g/mol. The van der Waals surface area contributed by atoms with Gasteiger partial charge in [-0.2, -0.15) is 0 Å². The van der Waals surface area contributed by atoms with Gasteiger partial charge in [0.15, 0.2) is 0 Å². The van der Waals surface area contributed by atoms with Gasteiger partial charge in [-0.3, -0.25) is 9.59 Å². The number of hydrogen-bond acceptors (Lipinski definition) is 2. The zero-order chi connectivity index (χ0) is 20.7. The van der Waals surface area contributed by atoms with Gasteiger partial charge in [0.2, 0.25) is 11.8 Å². The number of aryl methyl sites for hydroxylation is 1. The normalized spacial score (nSPS) is 12.9. The number of rotatable bonds is 8. The number of amides is 2. The van der Waals surface area contributed by atoms with E-state index >= 15 is 0 Å². The summed E-state index contributed by atoms with van der Waals surface area (Å²) < 4.78 is 0. The third-order valence-corrected chi connectivity index (χ3v) is 5.31. The molecule has 2 atom stereocenters. The van der Waals surface area contributed by atoms with Crippen molar-refractivity contribution in [2.75, 3.05) is 0 Å². The van der Waals surface area contributed by atoms with Crippen LogP contribution in [0.5, 0.6) is 0 Å². The van der Waals surface area contributed by atoms with E-state index in [0.717, 1.165) is 23.1 Å². The molecule has 0 saturated carbocycles. The summed E-state index contributed by atoms with van der Waals surface area (Å²) >= 11 is 6.23. The lowest BCUT2D eigenvalue weighted by Gasteiger charge is -2.30. The van der Waals surface area contributed by atoms with Crippen molar-refractivity contribution in [3.05, 3.63) is 70.2 Å². The van der Waals surface area contributed by atoms with Gasteiger partial charge in [0, 0.05) is 17.6 Å². The smallest absolute Gasteiger partial charge is 0.242 e. The highest BCUT2D eigenvalue weighted by atomic mass is 35.5. The molecule has 0 unspecified atom stereocenters. The number of hydrogen-bond donors (Lipinski definition) is 1. The Balaban J connectivity index is 2.23. The second kappa shape index (κ2) is 10.3. The Kier molecular flexibility index (Phi) is 8.06. The first-order valence-electron chi connectivity index (χ1n) is 9.70. The molecule has 0 fully saturated rings. The molecule has 2 aromatic carbocycles.